The number of nitrogens with one attached hydrogen (secondary N) is 1. The fourth-order valence-electron chi connectivity index (χ4n) is 2.13. The van der Waals surface area contributed by atoms with Crippen LogP contribution >= 0.6 is 0 Å². The Bertz CT molecular complexity index is 711. The van der Waals surface area contributed by atoms with Crippen LogP contribution in [0.3, 0.4) is 0 Å². The average Bonchev–Trinajstić information content (AvgIpc) is 3.12. The van der Waals surface area contributed by atoms with E-state index in [1.165, 1.54) is 10.9 Å². The van der Waals surface area contributed by atoms with Crippen LogP contribution in [0.5, 0.6) is 11.5 Å². The molecule has 1 amide bonds. The lowest BCUT2D eigenvalue weighted by Gasteiger charge is -2.24. The minimum atomic E-state index is -1.25. The number of aliphatic hydroxyl groups is 1. The lowest BCUT2D eigenvalue weighted by Crippen LogP contribution is -2.38. The van der Waals surface area contributed by atoms with Crippen LogP contribution in [0.2, 0.25) is 0 Å². The van der Waals surface area contributed by atoms with Crippen LogP contribution in [0.1, 0.15) is 23.0 Å². The highest BCUT2D eigenvalue weighted by atomic mass is 16.7. The fraction of sp³-hybridized carbons (Fsp3) is 0.357. The number of fused-ring (bicyclic) bond motifs is 1. The molecule has 22 heavy (non-hydrogen) atoms. The molecule has 0 spiro atoms. The molecule has 8 heteroatoms. The van der Waals surface area contributed by atoms with E-state index in [4.69, 9.17) is 9.47 Å². The van der Waals surface area contributed by atoms with Gasteiger partial charge < -0.3 is 19.9 Å². The number of amides is 1. The van der Waals surface area contributed by atoms with Gasteiger partial charge in [-0.1, -0.05) is 11.3 Å². The molecule has 116 valence electrons. The summed E-state index contributed by atoms with van der Waals surface area (Å²) in [6.07, 6.45) is 1.50. The van der Waals surface area contributed by atoms with E-state index in [-0.39, 0.29) is 19.0 Å². The summed E-state index contributed by atoms with van der Waals surface area (Å²) in [6, 6.07) is 5.18. The quantitative estimate of drug-likeness (QED) is 0.836. The van der Waals surface area contributed by atoms with Crippen LogP contribution in [-0.4, -0.2) is 39.3 Å². The van der Waals surface area contributed by atoms with E-state index in [0.717, 1.165) is 0 Å². The number of rotatable bonds is 4. The first-order chi connectivity index (χ1) is 10.5. The van der Waals surface area contributed by atoms with Crippen molar-refractivity contribution in [1.82, 2.24) is 20.3 Å². The summed E-state index contributed by atoms with van der Waals surface area (Å²) in [7, 11) is 1.67. The summed E-state index contributed by atoms with van der Waals surface area (Å²) in [5.74, 6) is 0.829. The van der Waals surface area contributed by atoms with Gasteiger partial charge in [-0.05, 0) is 24.6 Å². The molecule has 1 aliphatic rings. The molecule has 2 heterocycles. The van der Waals surface area contributed by atoms with E-state index in [2.05, 4.69) is 15.6 Å². The molecule has 0 aliphatic carbocycles. The Morgan fingerprint density at radius 3 is 2.95 bits per heavy atom. The first-order valence-corrected chi connectivity index (χ1v) is 6.73. The predicted octanol–water partition coefficient (Wildman–Crippen LogP) is 0.181. The second-order valence-electron chi connectivity index (χ2n) is 5.30. The molecule has 0 bridgehead atoms. The number of nitrogens with zero attached hydrogens (tertiary/aromatic N) is 3. The van der Waals surface area contributed by atoms with Crippen LogP contribution in [0.4, 0.5) is 0 Å². The fourth-order valence-corrected chi connectivity index (χ4v) is 2.13. The zero-order valence-electron chi connectivity index (χ0n) is 12.2. The zero-order valence-corrected chi connectivity index (χ0v) is 12.2. The Balaban J connectivity index is 1.69. The van der Waals surface area contributed by atoms with Crippen molar-refractivity contribution in [3.8, 4) is 11.5 Å². The number of carbonyl (C=O) groups is 1. The van der Waals surface area contributed by atoms with Gasteiger partial charge in [0.15, 0.2) is 17.2 Å². The minimum Gasteiger partial charge on any atom is -0.454 e. The third-order valence-electron chi connectivity index (χ3n) is 3.42. The maximum Gasteiger partial charge on any atom is 0.273 e. The van der Waals surface area contributed by atoms with Gasteiger partial charge >= 0.3 is 0 Å². The molecule has 8 nitrogen and oxygen atoms in total. The summed E-state index contributed by atoms with van der Waals surface area (Å²) >= 11 is 0. The molecule has 1 atom stereocenters. The molecule has 0 radical (unpaired) electrons. The van der Waals surface area contributed by atoms with E-state index >= 15 is 0 Å². The maximum absolute atomic E-state index is 11.9. The van der Waals surface area contributed by atoms with Crippen LogP contribution < -0.4 is 14.8 Å². The molecular formula is C14H16N4O4. The number of hydrogen-bond donors (Lipinski definition) is 2. The predicted molar refractivity (Wildman–Crippen MR) is 75.5 cm³/mol. The number of hydrogen-bond acceptors (Lipinski definition) is 6. The van der Waals surface area contributed by atoms with Crippen molar-refractivity contribution in [3.63, 3.8) is 0 Å². The van der Waals surface area contributed by atoms with Crippen molar-refractivity contribution in [2.45, 2.75) is 12.5 Å². The first-order valence-electron chi connectivity index (χ1n) is 6.73. The highest BCUT2D eigenvalue weighted by Crippen LogP contribution is 2.35. The minimum absolute atomic E-state index is 0.0298. The summed E-state index contributed by atoms with van der Waals surface area (Å²) in [5.41, 5.74) is -0.432. The van der Waals surface area contributed by atoms with Gasteiger partial charge in [0.2, 0.25) is 6.79 Å². The molecule has 1 aliphatic heterocycles. The molecule has 0 saturated heterocycles. The largest absolute Gasteiger partial charge is 0.454 e. The third-order valence-corrected chi connectivity index (χ3v) is 3.42. The Morgan fingerprint density at radius 2 is 2.23 bits per heavy atom. The van der Waals surface area contributed by atoms with Gasteiger partial charge in [-0.15, -0.1) is 5.10 Å². The van der Waals surface area contributed by atoms with Crippen molar-refractivity contribution in [3.05, 3.63) is 35.7 Å². The summed E-state index contributed by atoms with van der Waals surface area (Å²) in [5, 5.41) is 20.6. The molecular weight excluding hydrogens is 288 g/mol. The molecule has 2 aromatic rings. The number of carbonyl (C=O) groups excluding carboxylic acids is 1. The SMILES string of the molecule is Cn1cc(C(=O)NC[C@@](C)(O)c2ccc3c(c2)OCO3)nn1. The smallest absolute Gasteiger partial charge is 0.273 e. The van der Waals surface area contributed by atoms with E-state index in [0.29, 0.717) is 17.1 Å². The Hall–Kier alpha value is -2.61. The Labute approximate surface area is 126 Å². The van der Waals surface area contributed by atoms with Crippen LogP contribution in [0.25, 0.3) is 0 Å². The van der Waals surface area contributed by atoms with E-state index in [1.807, 2.05) is 0 Å². The van der Waals surface area contributed by atoms with Gasteiger partial charge in [0.05, 0.1) is 12.7 Å². The lowest BCUT2D eigenvalue weighted by atomic mass is 9.95. The highest BCUT2D eigenvalue weighted by Gasteiger charge is 2.27. The zero-order chi connectivity index (χ0) is 15.7. The molecule has 1 aromatic heterocycles. The van der Waals surface area contributed by atoms with Crippen LogP contribution in [0.15, 0.2) is 24.4 Å². The van der Waals surface area contributed by atoms with Gasteiger partial charge in [-0.25, -0.2) is 0 Å². The summed E-state index contributed by atoms with van der Waals surface area (Å²) < 4.78 is 12.0. The van der Waals surface area contributed by atoms with E-state index in [1.54, 1.807) is 32.2 Å². The molecule has 2 N–H and O–H groups in total. The molecule has 0 saturated carbocycles. The second kappa shape index (κ2) is 5.30. The number of aromatic nitrogens is 3. The van der Waals surface area contributed by atoms with Gasteiger partial charge in [-0.3, -0.25) is 9.48 Å². The summed E-state index contributed by atoms with van der Waals surface area (Å²) in [6.45, 7) is 1.81. The third kappa shape index (κ3) is 2.73. The van der Waals surface area contributed by atoms with Crippen molar-refractivity contribution in [2.75, 3.05) is 13.3 Å². The maximum atomic E-state index is 11.9. The van der Waals surface area contributed by atoms with Crippen molar-refractivity contribution in [1.29, 1.82) is 0 Å². The normalized spacial score (nSPS) is 15.4. The lowest BCUT2D eigenvalue weighted by molar-refractivity contribution is 0.0523. The van der Waals surface area contributed by atoms with E-state index < -0.39 is 11.5 Å². The molecule has 1 aromatic carbocycles. The molecule has 3 rings (SSSR count). The standard InChI is InChI=1S/C14H16N4O4/c1-14(20,7-15-13(19)10-6-18(2)17-16-10)9-3-4-11-12(5-9)22-8-21-11/h3-6,20H,7-8H2,1-2H3,(H,15,19)/t14-/m1/s1. The average molecular weight is 304 g/mol. The van der Waals surface area contributed by atoms with E-state index in [9.17, 15) is 9.90 Å². The summed E-state index contributed by atoms with van der Waals surface area (Å²) in [4.78, 5) is 11.9. The van der Waals surface area contributed by atoms with Crippen LogP contribution in [0, 0.1) is 0 Å². The number of benzene rings is 1. The van der Waals surface area contributed by atoms with Crippen LogP contribution in [-0.2, 0) is 12.6 Å². The number of aryl methyl sites for hydroxylation is 1. The van der Waals surface area contributed by atoms with Gasteiger partial charge in [-0.2, -0.15) is 0 Å². The van der Waals surface area contributed by atoms with Gasteiger partial charge in [0.1, 0.15) is 5.60 Å². The monoisotopic (exact) mass is 304 g/mol. The topological polar surface area (TPSA) is 98.5 Å². The van der Waals surface area contributed by atoms with Gasteiger partial charge in [0.25, 0.3) is 5.91 Å². The molecule has 0 unspecified atom stereocenters. The van der Waals surface area contributed by atoms with Gasteiger partial charge in [0, 0.05) is 7.05 Å². The molecule has 0 fully saturated rings. The first kappa shape index (κ1) is 14.3. The Morgan fingerprint density at radius 1 is 1.45 bits per heavy atom. The van der Waals surface area contributed by atoms with Crippen molar-refractivity contribution in [2.24, 2.45) is 7.05 Å². The Kier molecular flexibility index (Phi) is 3.45. The highest BCUT2D eigenvalue weighted by molar-refractivity contribution is 5.91. The van der Waals surface area contributed by atoms with Crippen molar-refractivity contribution >= 4 is 5.91 Å². The second-order valence-corrected chi connectivity index (χ2v) is 5.30. The number of ether oxygens (including phenoxy) is 2. The van der Waals surface area contributed by atoms with Crippen molar-refractivity contribution < 1.29 is 19.4 Å².